The Balaban J connectivity index is 0.000000357. The molecule has 0 spiro atoms. The second kappa shape index (κ2) is 14.7. The Morgan fingerprint density at radius 2 is 1.94 bits per heavy atom. The van der Waals surface area contributed by atoms with Crippen molar-refractivity contribution in [1.29, 1.82) is 0 Å². The van der Waals surface area contributed by atoms with Crippen LogP contribution >= 0.6 is 11.8 Å². The number of ketones is 1. The van der Waals surface area contributed by atoms with Crippen LogP contribution < -0.4 is 0 Å². The maximum atomic E-state index is 10.7. The van der Waals surface area contributed by atoms with Crippen molar-refractivity contribution in [2.75, 3.05) is 26.3 Å². The van der Waals surface area contributed by atoms with E-state index in [0.717, 1.165) is 57.9 Å². The first-order chi connectivity index (χ1) is 15.9. The van der Waals surface area contributed by atoms with Crippen molar-refractivity contribution in [1.82, 2.24) is 4.90 Å². The summed E-state index contributed by atoms with van der Waals surface area (Å²) >= 11 is 1.91. The number of ether oxygens (including phenoxy) is 1. The van der Waals surface area contributed by atoms with E-state index in [4.69, 9.17) is 4.74 Å². The highest BCUT2D eigenvalue weighted by Crippen LogP contribution is 2.42. The quantitative estimate of drug-likeness (QED) is 0.388. The van der Waals surface area contributed by atoms with Crippen molar-refractivity contribution in [3.8, 4) is 5.75 Å². The summed E-state index contributed by atoms with van der Waals surface area (Å²) in [6, 6.07) is 5.82. The highest BCUT2D eigenvalue weighted by Gasteiger charge is 2.22. The zero-order valence-corrected chi connectivity index (χ0v) is 22.3. The Morgan fingerprint density at radius 1 is 1.21 bits per heavy atom. The number of aromatic hydroxyl groups is 1. The average molecular weight is 476 g/mol. The van der Waals surface area contributed by atoms with E-state index in [2.05, 4.69) is 38.7 Å². The van der Waals surface area contributed by atoms with Gasteiger partial charge in [-0.2, -0.15) is 0 Å². The molecule has 33 heavy (non-hydrogen) atoms. The van der Waals surface area contributed by atoms with E-state index in [1.54, 1.807) is 6.92 Å². The molecule has 0 saturated carbocycles. The molecule has 4 nitrogen and oxygen atoms in total. The normalized spacial score (nSPS) is 17.1. The largest absolute Gasteiger partial charge is 0.508 e. The van der Waals surface area contributed by atoms with Gasteiger partial charge >= 0.3 is 0 Å². The number of fused-ring (bicyclic) bond motifs is 1. The molecule has 5 heteroatoms. The zero-order valence-electron chi connectivity index (χ0n) is 21.5. The fraction of sp³-hybridized carbons (Fsp3) is 0.679. The molecule has 186 valence electrons. The van der Waals surface area contributed by atoms with Gasteiger partial charge in [0.25, 0.3) is 0 Å². The molecule has 1 N–H and O–H groups in total. The van der Waals surface area contributed by atoms with Gasteiger partial charge < -0.3 is 14.7 Å². The molecular weight excluding hydrogens is 430 g/mol. The lowest BCUT2D eigenvalue weighted by Gasteiger charge is -2.32. The Morgan fingerprint density at radius 3 is 2.52 bits per heavy atom. The van der Waals surface area contributed by atoms with Crippen LogP contribution in [0.5, 0.6) is 5.75 Å². The predicted octanol–water partition coefficient (Wildman–Crippen LogP) is 7.20. The fourth-order valence-corrected chi connectivity index (χ4v) is 5.65. The number of phenols is 1. The van der Waals surface area contributed by atoms with Crippen LogP contribution in [0.2, 0.25) is 0 Å². The summed E-state index contributed by atoms with van der Waals surface area (Å²) in [7, 11) is 0. The van der Waals surface area contributed by atoms with E-state index in [1.165, 1.54) is 46.7 Å². The number of thioether (sulfide) groups is 1. The highest BCUT2D eigenvalue weighted by atomic mass is 32.2. The summed E-state index contributed by atoms with van der Waals surface area (Å²) in [6.45, 7) is 14.7. The summed E-state index contributed by atoms with van der Waals surface area (Å²) in [5.41, 5.74) is 2.80. The summed E-state index contributed by atoms with van der Waals surface area (Å²) in [5, 5.41) is 11.2. The van der Waals surface area contributed by atoms with Gasteiger partial charge in [0.05, 0.1) is 5.03 Å². The van der Waals surface area contributed by atoms with Gasteiger partial charge in [-0.15, -0.1) is 0 Å². The van der Waals surface area contributed by atoms with E-state index in [-0.39, 0.29) is 0 Å². The Bertz CT molecular complexity index is 770. The number of carbonyl (C=O) groups excluding carboxylic acids is 1. The van der Waals surface area contributed by atoms with Crippen LogP contribution in [0.1, 0.15) is 85.1 Å². The second-order valence-electron chi connectivity index (χ2n) is 9.47. The number of rotatable bonds is 10. The van der Waals surface area contributed by atoms with Gasteiger partial charge in [0.15, 0.2) is 0 Å². The van der Waals surface area contributed by atoms with Gasteiger partial charge in [-0.05, 0) is 87.1 Å². The van der Waals surface area contributed by atoms with E-state index in [9.17, 15) is 9.90 Å². The minimum Gasteiger partial charge on any atom is -0.508 e. The summed E-state index contributed by atoms with van der Waals surface area (Å²) in [6.07, 6.45) is 8.98. The Hall–Kier alpha value is -1.46. The maximum Gasteiger partial charge on any atom is 0.133 e. The van der Waals surface area contributed by atoms with Crippen LogP contribution in [-0.2, 0) is 16.0 Å². The van der Waals surface area contributed by atoms with Crippen LogP contribution in [0.3, 0.4) is 0 Å². The van der Waals surface area contributed by atoms with Gasteiger partial charge in [0.2, 0.25) is 0 Å². The van der Waals surface area contributed by atoms with E-state index in [0.29, 0.717) is 17.5 Å². The van der Waals surface area contributed by atoms with Crippen molar-refractivity contribution >= 4 is 17.5 Å². The van der Waals surface area contributed by atoms with Gasteiger partial charge in [-0.1, -0.05) is 45.9 Å². The molecule has 2 aliphatic rings. The van der Waals surface area contributed by atoms with Crippen molar-refractivity contribution in [2.45, 2.75) is 90.9 Å². The number of allylic oxidation sites excluding steroid dienone is 1. The van der Waals surface area contributed by atoms with Crippen molar-refractivity contribution in [3.63, 3.8) is 0 Å². The van der Waals surface area contributed by atoms with Crippen LogP contribution in [0.4, 0.5) is 0 Å². The van der Waals surface area contributed by atoms with Gasteiger partial charge in [-0.25, -0.2) is 0 Å². The standard InChI is InChI=1S/C21H33NOS.C7H12O2/c1-5-12-22(13-8-9-16(4)6-2)21-17(7-3)14-18-15-19(23)10-11-20(18)24-21;1-6(8)7-2-4-9-5-3-7/h10-11,15-16,23H,5-9,12-14H2,1-4H3;7H,2-5H2,1H3. The van der Waals surface area contributed by atoms with Crippen molar-refractivity contribution in [3.05, 3.63) is 34.4 Å². The minimum atomic E-state index is 0.291. The fourth-order valence-electron chi connectivity index (χ4n) is 4.37. The monoisotopic (exact) mass is 475 g/mol. The maximum absolute atomic E-state index is 10.7. The molecule has 1 unspecified atom stereocenters. The van der Waals surface area contributed by atoms with Crippen molar-refractivity contribution in [2.24, 2.45) is 11.8 Å². The molecule has 0 bridgehead atoms. The molecule has 1 atom stereocenters. The summed E-state index contributed by atoms with van der Waals surface area (Å²) in [5.74, 6) is 1.82. The number of phenolic OH excluding ortho intramolecular Hbond substituents is 1. The number of hydrogen-bond acceptors (Lipinski definition) is 5. The van der Waals surface area contributed by atoms with Gasteiger partial charge in [0, 0.05) is 37.1 Å². The third kappa shape index (κ3) is 9.01. The van der Waals surface area contributed by atoms with Crippen LogP contribution in [0.25, 0.3) is 0 Å². The predicted molar refractivity (Wildman–Crippen MR) is 140 cm³/mol. The minimum absolute atomic E-state index is 0.291. The van der Waals surface area contributed by atoms with Crippen molar-refractivity contribution < 1.29 is 14.6 Å². The van der Waals surface area contributed by atoms with Gasteiger partial charge in [-0.3, -0.25) is 4.79 Å². The average Bonchev–Trinajstić information content (AvgIpc) is 2.83. The lowest BCUT2D eigenvalue weighted by molar-refractivity contribution is -0.123. The van der Waals surface area contributed by atoms with E-state index in [1.807, 2.05) is 23.9 Å². The first-order valence-corrected chi connectivity index (χ1v) is 13.8. The number of benzene rings is 1. The molecule has 0 radical (unpaired) electrons. The molecular formula is C28H45NO3S. The molecule has 2 heterocycles. The van der Waals surface area contributed by atoms with E-state index < -0.39 is 0 Å². The lowest BCUT2D eigenvalue weighted by Crippen LogP contribution is -2.27. The molecule has 1 aromatic rings. The number of Topliss-reactive ketones (excluding diaryl/α,β-unsaturated/α-hetero) is 1. The molecule has 0 aliphatic carbocycles. The second-order valence-corrected chi connectivity index (χ2v) is 10.5. The lowest BCUT2D eigenvalue weighted by atomic mass is 9.97. The molecule has 0 aromatic heterocycles. The molecule has 3 rings (SSSR count). The zero-order chi connectivity index (χ0) is 24.2. The first-order valence-electron chi connectivity index (χ1n) is 12.9. The van der Waals surface area contributed by atoms with Crippen LogP contribution in [-0.4, -0.2) is 42.1 Å². The third-order valence-electron chi connectivity index (χ3n) is 6.78. The van der Waals surface area contributed by atoms with Gasteiger partial charge in [0.1, 0.15) is 11.5 Å². The SMILES string of the molecule is CC(=O)C1CCOCC1.CCCN(CCCC(C)CC)C1=C(CC)Cc2cc(O)ccc2S1. The third-order valence-corrected chi connectivity index (χ3v) is 8.14. The molecule has 1 aromatic carbocycles. The first kappa shape index (κ1) is 27.8. The molecule has 2 aliphatic heterocycles. The van der Waals surface area contributed by atoms with Crippen LogP contribution in [0.15, 0.2) is 33.7 Å². The molecule has 1 fully saturated rings. The summed E-state index contributed by atoms with van der Waals surface area (Å²) in [4.78, 5) is 14.7. The summed E-state index contributed by atoms with van der Waals surface area (Å²) < 4.78 is 5.10. The van der Waals surface area contributed by atoms with E-state index >= 15 is 0 Å². The molecule has 1 saturated heterocycles. The van der Waals surface area contributed by atoms with Crippen LogP contribution in [0, 0.1) is 11.8 Å². The number of nitrogens with zero attached hydrogens (tertiary/aromatic N) is 1. The number of carbonyl (C=O) groups is 1. The highest BCUT2D eigenvalue weighted by molar-refractivity contribution is 8.03. The Labute approximate surface area is 206 Å². The topological polar surface area (TPSA) is 49.8 Å². The smallest absolute Gasteiger partial charge is 0.133 e. The Kier molecular flexibility index (Phi) is 12.4. The number of hydrogen-bond donors (Lipinski definition) is 1. The molecule has 0 amide bonds.